The Kier molecular flexibility index (Phi) is 8.38. The quantitative estimate of drug-likeness (QED) is 0.157. The van der Waals surface area contributed by atoms with Gasteiger partial charge in [0.2, 0.25) is 0 Å². The molecule has 0 N–H and O–H groups in total. The van der Waals surface area contributed by atoms with Crippen LogP contribution >= 0.6 is 0 Å². The van der Waals surface area contributed by atoms with E-state index in [-0.39, 0.29) is 12.1 Å². The lowest BCUT2D eigenvalue weighted by molar-refractivity contribution is 0.465. The van der Waals surface area contributed by atoms with Gasteiger partial charge in [0.15, 0.2) is 0 Å². The number of hydrogen-bond acceptors (Lipinski definition) is 4. The first-order valence-corrected chi connectivity index (χ1v) is 21.4. The fourth-order valence-electron chi connectivity index (χ4n) is 9.86. The summed E-state index contributed by atoms with van der Waals surface area (Å²) in [6.07, 6.45) is 0. The topological polar surface area (TPSA) is 24.9 Å². The van der Waals surface area contributed by atoms with Gasteiger partial charge in [-0.05, 0) is 117 Å². The lowest BCUT2D eigenvalue weighted by atomic mass is 9.34. The van der Waals surface area contributed by atoms with Gasteiger partial charge in [0, 0.05) is 51.3 Å². The molecule has 11 rings (SSSR count). The largest absolute Gasteiger partial charge is 0.458 e. The summed E-state index contributed by atoms with van der Waals surface area (Å²) < 4.78 is 14.6. The van der Waals surface area contributed by atoms with Gasteiger partial charge in [0.1, 0.15) is 23.0 Å². The first-order valence-electron chi connectivity index (χ1n) is 21.4. The molecule has 0 saturated heterocycles. The molecule has 4 nitrogen and oxygen atoms in total. The number of fused-ring (bicyclic) bond motifs is 7. The predicted molar refractivity (Wildman–Crippen MR) is 255 cm³/mol. The van der Waals surface area contributed by atoms with E-state index in [9.17, 15) is 0 Å². The van der Waals surface area contributed by atoms with E-state index in [1.54, 1.807) is 0 Å². The van der Waals surface area contributed by atoms with Crippen molar-refractivity contribution < 1.29 is 9.47 Å². The first kappa shape index (κ1) is 37.1. The monoisotopic (exact) mass is 790 g/mol. The minimum absolute atomic E-state index is 0.139. The Balaban J connectivity index is 1.24. The second-order valence-corrected chi connectivity index (χ2v) is 17.8. The molecular weight excluding hydrogens is 743 g/mol. The average molecular weight is 791 g/mol. The van der Waals surface area contributed by atoms with Gasteiger partial charge in [-0.3, -0.25) is 0 Å². The maximum Gasteiger partial charge on any atom is 0.260 e. The van der Waals surface area contributed by atoms with Crippen molar-refractivity contribution in [2.24, 2.45) is 0 Å². The normalized spacial score (nSPS) is 13.5. The van der Waals surface area contributed by atoms with E-state index in [1.165, 1.54) is 50.1 Å². The number of ether oxygens (including phenoxy) is 2. The van der Waals surface area contributed by atoms with Crippen molar-refractivity contribution in [3.63, 3.8) is 0 Å². The van der Waals surface area contributed by atoms with Crippen LogP contribution in [0.25, 0.3) is 11.1 Å². The van der Waals surface area contributed by atoms with E-state index in [0.717, 1.165) is 73.5 Å². The van der Waals surface area contributed by atoms with E-state index in [1.807, 2.05) is 0 Å². The highest BCUT2D eigenvalue weighted by molar-refractivity contribution is 6.98. The maximum atomic E-state index is 7.63. The molecule has 0 amide bonds. The maximum absolute atomic E-state index is 7.63. The predicted octanol–water partition coefficient (Wildman–Crippen LogP) is 13.2. The molecule has 2 heterocycles. The average Bonchev–Trinajstić information content (AvgIpc) is 3.49. The Labute approximate surface area is 359 Å². The Morgan fingerprint density at radius 1 is 0.426 bits per heavy atom. The van der Waals surface area contributed by atoms with Crippen LogP contribution in [0.5, 0.6) is 23.0 Å². The Morgan fingerprint density at radius 2 is 0.918 bits per heavy atom. The molecule has 3 aliphatic rings. The molecule has 0 saturated carbocycles. The van der Waals surface area contributed by atoms with Crippen LogP contribution in [0.3, 0.4) is 0 Å². The highest BCUT2D eigenvalue weighted by Gasteiger charge is 2.47. The van der Waals surface area contributed by atoms with Crippen LogP contribution in [0, 0.1) is 34.6 Å². The molecule has 0 spiro atoms. The second-order valence-electron chi connectivity index (χ2n) is 17.8. The molecule has 0 radical (unpaired) electrons. The third-order valence-corrected chi connectivity index (χ3v) is 13.1. The summed E-state index contributed by atoms with van der Waals surface area (Å²) in [5.41, 5.74) is 20.4. The van der Waals surface area contributed by atoms with Gasteiger partial charge < -0.3 is 19.3 Å². The van der Waals surface area contributed by atoms with Crippen LogP contribution in [-0.2, 0) is 5.41 Å². The summed E-state index contributed by atoms with van der Waals surface area (Å²) in [4.78, 5) is 4.75. The fraction of sp³-hybridized carbons (Fsp3) is 0.143. The SMILES string of the molecule is Cc1ccc(N(c2ccc(C)cc2)c2cc3c4c(c2)Oc2c(cc5c(c2N(c2ccc(C)cc2)c2ccc(C)cc2)-c2ccccc2C5(C)C)B4c2cc(C)ccc2O3)cc1. The molecule has 0 fully saturated rings. The molecule has 61 heavy (non-hydrogen) atoms. The van der Waals surface area contributed by atoms with Gasteiger partial charge >= 0.3 is 0 Å². The van der Waals surface area contributed by atoms with E-state index in [4.69, 9.17) is 9.47 Å². The lowest BCUT2D eigenvalue weighted by Crippen LogP contribution is -2.58. The van der Waals surface area contributed by atoms with Crippen molar-refractivity contribution in [1.29, 1.82) is 0 Å². The second kappa shape index (κ2) is 13.8. The molecule has 0 bridgehead atoms. The van der Waals surface area contributed by atoms with Crippen molar-refractivity contribution in [2.45, 2.75) is 53.9 Å². The molecule has 8 aromatic rings. The van der Waals surface area contributed by atoms with Gasteiger partial charge in [-0.2, -0.15) is 0 Å². The summed E-state index contributed by atoms with van der Waals surface area (Å²) in [6, 6.07) is 57.8. The van der Waals surface area contributed by atoms with Crippen LogP contribution in [-0.4, -0.2) is 6.71 Å². The Bertz CT molecular complexity index is 2950. The summed E-state index contributed by atoms with van der Waals surface area (Å²) in [6.45, 7) is 15.3. The van der Waals surface area contributed by atoms with Gasteiger partial charge in [-0.1, -0.05) is 133 Å². The minimum atomic E-state index is -0.266. The third kappa shape index (κ3) is 5.90. The molecule has 0 aromatic heterocycles. The Hall–Kier alpha value is -6.98. The molecule has 296 valence electrons. The zero-order valence-corrected chi connectivity index (χ0v) is 35.8. The van der Waals surface area contributed by atoms with E-state index < -0.39 is 0 Å². The van der Waals surface area contributed by atoms with E-state index >= 15 is 0 Å². The highest BCUT2D eigenvalue weighted by Crippen LogP contribution is 2.58. The smallest absolute Gasteiger partial charge is 0.260 e. The van der Waals surface area contributed by atoms with Gasteiger partial charge in [-0.15, -0.1) is 0 Å². The van der Waals surface area contributed by atoms with Crippen molar-refractivity contribution >= 4 is 57.2 Å². The molecule has 2 aliphatic heterocycles. The third-order valence-electron chi connectivity index (χ3n) is 13.1. The number of anilines is 6. The number of benzene rings is 8. The van der Waals surface area contributed by atoms with Gasteiger partial charge in [0.05, 0.1) is 11.4 Å². The Morgan fingerprint density at radius 3 is 1.48 bits per heavy atom. The number of nitrogens with zero attached hydrogens (tertiary/aromatic N) is 2. The number of aryl methyl sites for hydroxylation is 5. The van der Waals surface area contributed by atoms with Crippen molar-refractivity contribution in [3.8, 4) is 34.1 Å². The van der Waals surface area contributed by atoms with Gasteiger partial charge in [0.25, 0.3) is 6.71 Å². The van der Waals surface area contributed by atoms with Crippen LogP contribution < -0.4 is 35.7 Å². The van der Waals surface area contributed by atoms with E-state index in [0.29, 0.717) is 0 Å². The van der Waals surface area contributed by atoms with Crippen LogP contribution in [0.2, 0.25) is 0 Å². The fourth-order valence-corrected chi connectivity index (χ4v) is 9.86. The van der Waals surface area contributed by atoms with Gasteiger partial charge in [-0.25, -0.2) is 0 Å². The van der Waals surface area contributed by atoms with Crippen LogP contribution in [0.1, 0.15) is 52.8 Å². The molecular formula is C56H47BN2O2. The number of rotatable bonds is 6. The zero-order valence-electron chi connectivity index (χ0n) is 35.8. The first-order chi connectivity index (χ1) is 29.5. The van der Waals surface area contributed by atoms with Crippen LogP contribution in [0.15, 0.2) is 158 Å². The standard InChI is InChI=1S/C56H47BN2O2/c1-34-12-21-39(22-13-34)58(40-23-14-35(2)15-24-40)43-31-50-53-51(32-43)61-55-48(57(53)47-30-38(5)20-29-49(47)60-50)33-46-52(44-10-8-9-11-45(44)56(46,6)7)54(55)59(41-25-16-36(3)17-26-41)42-27-18-37(4)19-28-42/h8-33H,1-7H3. The van der Waals surface area contributed by atoms with E-state index in [2.05, 4.69) is 216 Å². The lowest BCUT2D eigenvalue weighted by Gasteiger charge is -2.38. The molecule has 0 atom stereocenters. The summed E-state index contributed by atoms with van der Waals surface area (Å²) >= 11 is 0. The zero-order chi connectivity index (χ0) is 41.7. The minimum Gasteiger partial charge on any atom is -0.458 e. The van der Waals surface area contributed by atoms with Crippen LogP contribution in [0.4, 0.5) is 34.1 Å². The summed E-state index contributed by atoms with van der Waals surface area (Å²) in [5, 5.41) is 0. The van der Waals surface area contributed by atoms with Crippen molar-refractivity contribution in [1.82, 2.24) is 0 Å². The number of hydrogen-bond donors (Lipinski definition) is 0. The molecule has 0 unspecified atom stereocenters. The van der Waals surface area contributed by atoms with Crippen molar-refractivity contribution in [2.75, 3.05) is 9.80 Å². The highest BCUT2D eigenvalue weighted by atomic mass is 16.5. The summed E-state index contributed by atoms with van der Waals surface area (Å²) in [7, 11) is 0. The summed E-state index contributed by atoms with van der Waals surface area (Å²) in [5.74, 6) is 3.33. The molecule has 1 aliphatic carbocycles. The molecule has 8 aromatic carbocycles. The molecule has 5 heteroatoms. The van der Waals surface area contributed by atoms with Crippen molar-refractivity contribution in [3.05, 3.63) is 197 Å².